The first-order valence-corrected chi connectivity index (χ1v) is 12.6. The highest BCUT2D eigenvalue weighted by Crippen LogP contribution is 2.23. The van der Waals surface area contributed by atoms with Crippen molar-refractivity contribution >= 4 is 19.0 Å². The first-order valence-electron chi connectivity index (χ1n) is 11.4. The molecular formula is C27H32NO4P. The predicted molar refractivity (Wildman–Crippen MR) is 135 cm³/mol. The van der Waals surface area contributed by atoms with Gasteiger partial charge in [-0.15, -0.1) is 0 Å². The molecule has 0 bridgehead atoms. The van der Waals surface area contributed by atoms with E-state index in [9.17, 15) is 4.57 Å². The van der Waals surface area contributed by atoms with Crippen molar-refractivity contribution in [2.45, 2.75) is 38.6 Å². The molecule has 1 atom stereocenters. The zero-order valence-electron chi connectivity index (χ0n) is 19.1. The van der Waals surface area contributed by atoms with Gasteiger partial charge in [0.05, 0.1) is 13.7 Å². The van der Waals surface area contributed by atoms with Crippen LogP contribution in [0.1, 0.15) is 42.4 Å². The van der Waals surface area contributed by atoms with Gasteiger partial charge in [0.25, 0.3) is 0 Å². The average molecular weight is 466 g/mol. The molecule has 5 nitrogen and oxygen atoms in total. The Morgan fingerprint density at radius 1 is 1.00 bits per heavy atom. The van der Waals surface area contributed by atoms with E-state index in [1.165, 1.54) is 21.9 Å². The van der Waals surface area contributed by atoms with Crippen LogP contribution in [-0.4, -0.2) is 25.2 Å². The van der Waals surface area contributed by atoms with E-state index in [2.05, 4.69) is 59.6 Å². The number of hydrogen-bond acceptors (Lipinski definition) is 4. The van der Waals surface area contributed by atoms with Crippen LogP contribution in [0.2, 0.25) is 0 Å². The Bertz CT molecular complexity index is 1120. The Morgan fingerprint density at radius 2 is 1.85 bits per heavy atom. The molecule has 0 saturated carbocycles. The van der Waals surface area contributed by atoms with Crippen molar-refractivity contribution in [2.24, 2.45) is 0 Å². The molecule has 0 heterocycles. The van der Waals surface area contributed by atoms with Crippen molar-refractivity contribution < 1.29 is 18.7 Å². The van der Waals surface area contributed by atoms with Crippen LogP contribution in [0.25, 0.3) is 10.8 Å². The largest absolute Gasteiger partial charge is 0.497 e. The summed E-state index contributed by atoms with van der Waals surface area (Å²) in [5.74, 6) is 7.63. The molecule has 2 N–H and O–H groups in total. The number of nitrogens with one attached hydrogen (secondary N) is 1. The summed E-state index contributed by atoms with van der Waals surface area (Å²) < 4.78 is 20.6. The van der Waals surface area contributed by atoms with Crippen molar-refractivity contribution in [3.05, 3.63) is 77.4 Å². The standard InChI is InChI=1S/C27H32NO4P/c1-31-25-13-8-11-22(20-25)10-4-2-3-5-12-23-16-17-24(27-15-7-6-14-26(23)27)21-28-18-9-19-32-33(29)30/h6-8,11,13-17,20,28,33H,2-4,9-10,18-19,21H2,1H3,(H,29,30). The fourth-order valence-corrected chi connectivity index (χ4v) is 4.05. The number of aryl methyl sites for hydroxylation is 1. The van der Waals surface area contributed by atoms with E-state index in [4.69, 9.17) is 14.2 Å². The van der Waals surface area contributed by atoms with Crippen molar-refractivity contribution in [3.8, 4) is 17.6 Å². The second kappa shape index (κ2) is 13.8. The summed E-state index contributed by atoms with van der Waals surface area (Å²) in [6, 6.07) is 20.8. The molecule has 0 radical (unpaired) electrons. The average Bonchev–Trinajstić information content (AvgIpc) is 2.84. The Hall–Kier alpha value is -2.61. The van der Waals surface area contributed by atoms with Crippen LogP contribution in [0, 0.1) is 11.8 Å². The van der Waals surface area contributed by atoms with Gasteiger partial charge in [0.2, 0.25) is 0 Å². The molecule has 0 amide bonds. The quantitative estimate of drug-likeness (QED) is 0.210. The Morgan fingerprint density at radius 3 is 2.67 bits per heavy atom. The topological polar surface area (TPSA) is 67.8 Å². The fourth-order valence-electron chi connectivity index (χ4n) is 3.73. The van der Waals surface area contributed by atoms with Gasteiger partial charge in [-0.3, -0.25) is 4.57 Å². The molecule has 3 aromatic carbocycles. The van der Waals surface area contributed by atoms with E-state index in [1.54, 1.807) is 7.11 Å². The molecule has 0 aliphatic rings. The van der Waals surface area contributed by atoms with Crippen molar-refractivity contribution in [1.82, 2.24) is 5.32 Å². The summed E-state index contributed by atoms with van der Waals surface area (Å²) in [4.78, 5) is 8.69. The zero-order chi connectivity index (χ0) is 23.3. The molecular weight excluding hydrogens is 433 g/mol. The fraction of sp³-hybridized carbons (Fsp3) is 0.333. The van der Waals surface area contributed by atoms with Crippen molar-refractivity contribution in [2.75, 3.05) is 20.3 Å². The zero-order valence-corrected chi connectivity index (χ0v) is 20.1. The van der Waals surface area contributed by atoms with Crippen molar-refractivity contribution in [1.29, 1.82) is 0 Å². The van der Waals surface area contributed by atoms with E-state index in [0.29, 0.717) is 6.42 Å². The summed E-state index contributed by atoms with van der Waals surface area (Å²) in [6.07, 6.45) is 4.78. The highest BCUT2D eigenvalue weighted by molar-refractivity contribution is 7.32. The van der Waals surface area contributed by atoms with E-state index in [0.717, 1.165) is 50.1 Å². The van der Waals surface area contributed by atoms with E-state index in [1.807, 2.05) is 18.2 Å². The number of unbranched alkanes of at least 4 members (excludes halogenated alkanes) is 2. The highest BCUT2D eigenvalue weighted by atomic mass is 31.1. The van der Waals surface area contributed by atoms with Gasteiger partial charge in [0.15, 0.2) is 0 Å². The molecule has 0 spiro atoms. The molecule has 3 aromatic rings. The summed E-state index contributed by atoms with van der Waals surface area (Å²) >= 11 is 0. The summed E-state index contributed by atoms with van der Waals surface area (Å²) in [5.41, 5.74) is 3.57. The van der Waals surface area contributed by atoms with Gasteiger partial charge in [0, 0.05) is 18.5 Å². The monoisotopic (exact) mass is 465 g/mol. The minimum Gasteiger partial charge on any atom is -0.497 e. The minimum absolute atomic E-state index is 0.288. The predicted octanol–water partition coefficient (Wildman–Crippen LogP) is 5.49. The minimum atomic E-state index is -2.83. The van der Waals surface area contributed by atoms with Gasteiger partial charge in [-0.05, 0) is 72.3 Å². The first-order chi connectivity index (χ1) is 16.2. The molecule has 174 valence electrons. The molecule has 0 fully saturated rings. The number of benzene rings is 3. The van der Waals surface area contributed by atoms with Gasteiger partial charge in [-0.25, -0.2) is 0 Å². The molecule has 0 aliphatic heterocycles. The maximum atomic E-state index is 10.6. The van der Waals surface area contributed by atoms with Crippen LogP contribution in [-0.2, 0) is 22.1 Å². The number of fused-ring (bicyclic) bond motifs is 1. The third-order valence-corrected chi connectivity index (χ3v) is 5.88. The Balaban J connectivity index is 1.51. The third kappa shape index (κ3) is 8.35. The smallest absolute Gasteiger partial charge is 0.316 e. The molecule has 1 unspecified atom stereocenters. The second-order valence-electron chi connectivity index (χ2n) is 7.82. The lowest BCUT2D eigenvalue weighted by atomic mass is 9.99. The summed E-state index contributed by atoms with van der Waals surface area (Å²) in [6.45, 7) is 1.74. The molecule has 33 heavy (non-hydrogen) atoms. The van der Waals surface area contributed by atoms with Gasteiger partial charge >= 0.3 is 8.25 Å². The normalized spacial score (nSPS) is 11.7. The lowest BCUT2D eigenvalue weighted by Crippen LogP contribution is -2.16. The lowest BCUT2D eigenvalue weighted by Gasteiger charge is -2.10. The molecule has 6 heteroatoms. The lowest BCUT2D eigenvalue weighted by molar-refractivity contribution is 0.276. The van der Waals surface area contributed by atoms with Crippen LogP contribution >= 0.6 is 8.25 Å². The van der Waals surface area contributed by atoms with Crippen LogP contribution in [0.15, 0.2) is 60.7 Å². The summed E-state index contributed by atoms with van der Waals surface area (Å²) in [5, 5.41) is 5.75. The van der Waals surface area contributed by atoms with Crippen LogP contribution < -0.4 is 10.1 Å². The maximum Gasteiger partial charge on any atom is 0.316 e. The van der Waals surface area contributed by atoms with Crippen molar-refractivity contribution in [3.63, 3.8) is 0 Å². The number of methoxy groups -OCH3 is 1. The van der Waals surface area contributed by atoms with Gasteiger partial charge in [-0.1, -0.05) is 54.3 Å². The number of rotatable bonds is 12. The van der Waals surface area contributed by atoms with Crippen LogP contribution in [0.4, 0.5) is 0 Å². The molecule has 0 aromatic heterocycles. The molecule has 0 aliphatic carbocycles. The second-order valence-corrected chi connectivity index (χ2v) is 8.64. The Kier molecular flexibility index (Phi) is 10.5. The molecule has 3 rings (SSSR count). The maximum absolute atomic E-state index is 10.6. The SMILES string of the molecule is COc1cccc(CCCCC#Cc2ccc(CNCCCO[PH](=O)O)c3ccccc23)c1. The third-order valence-electron chi connectivity index (χ3n) is 5.43. The van der Waals surface area contributed by atoms with Gasteiger partial charge in [-0.2, -0.15) is 0 Å². The molecule has 0 saturated heterocycles. The van der Waals surface area contributed by atoms with Gasteiger partial charge < -0.3 is 19.5 Å². The first kappa shape index (κ1) is 25.0. The summed E-state index contributed by atoms with van der Waals surface area (Å²) in [7, 11) is -1.13. The highest BCUT2D eigenvalue weighted by Gasteiger charge is 2.04. The van der Waals surface area contributed by atoms with Crippen LogP contribution in [0.5, 0.6) is 5.75 Å². The van der Waals surface area contributed by atoms with E-state index in [-0.39, 0.29) is 6.61 Å². The Labute approximate surface area is 197 Å². The van der Waals surface area contributed by atoms with E-state index >= 15 is 0 Å². The van der Waals surface area contributed by atoms with E-state index < -0.39 is 8.25 Å². The van der Waals surface area contributed by atoms with Gasteiger partial charge in [0.1, 0.15) is 5.75 Å². The number of ether oxygens (including phenoxy) is 1. The number of hydrogen-bond donors (Lipinski definition) is 2. The van der Waals surface area contributed by atoms with Crippen LogP contribution in [0.3, 0.4) is 0 Å².